The number of rotatable bonds is 1. The monoisotopic (exact) mass is 312 g/mol. The molecule has 0 saturated carbocycles. The molecule has 0 N–H and O–H groups in total. The van der Waals surface area contributed by atoms with Gasteiger partial charge in [0.2, 0.25) is 0 Å². The molecule has 0 atom stereocenters. The van der Waals surface area contributed by atoms with Crippen LogP contribution in [0.5, 0.6) is 0 Å². The molecule has 70 valence electrons. The third kappa shape index (κ3) is 1.96. The van der Waals surface area contributed by atoms with Gasteiger partial charge in [-0.3, -0.25) is 4.79 Å². The number of halogens is 4. The molecule has 13 heavy (non-hydrogen) atoms. The highest BCUT2D eigenvalue weighted by atomic mass is 79.9. The van der Waals surface area contributed by atoms with Crippen molar-refractivity contribution in [1.29, 1.82) is 0 Å². The van der Waals surface area contributed by atoms with E-state index in [1.54, 1.807) is 0 Å². The van der Waals surface area contributed by atoms with Gasteiger partial charge in [-0.2, -0.15) is 0 Å². The van der Waals surface area contributed by atoms with Gasteiger partial charge in [0.05, 0.1) is 4.47 Å². The van der Waals surface area contributed by atoms with Gasteiger partial charge in [0.1, 0.15) is 0 Å². The first kappa shape index (κ1) is 10.8. The zero-order chi connectivity index (χ0) is 10.2. The summed E-state index contributed by atoms with van der Waals surface area (Å²) >= 11 is 5.79. The molecule has 1 aromatic carbocycles. The zero-order valence-corrected chi connectivity index (χ0v) is 9.67. The average Bonchev–Trinajstić information content (AvgIpc) is 1.99. The molecule has 0 unspecified atom stereocenters. The van der Waals surface area contributed by atoms with Gasteiger partial charge in [0, 0.05) is 10.0 Å². The first-order valence-corrected chi connectivity index (χ1v) is 4.87. The summed E-state index contributed by atoms with van der Waals surface area (Å²) in [6.45, 7) is 1.28. The van der Waals surface area contributed by atoms with Gasteiger partial charge in [-0.15, -0.1) is 0 Å². The van der Waals surface area contributed by atoms with Gasteiger partial charge < -0.3 is 0 Å². The fourth-order valence-corrected chi connectivity index (χ4v) is 2.52. The summed E-state index contributed by atoms with van der Waals surface area (Å²) in [7, 11) is 0. The van der Waals surface area contributed by atoms with Crippen LogP contribution in [0.4, 0.5) is 8.78 Å². The number of ketones is 1. The number of benzene rings is 1. The van der Waals surface area contributed by atoms with E-state index in [1.807, 2.05) is 0 Å². The lowest BCUT2D eigenvalue weighted by molar-refractivity contribution is 0.101. The molecule has 1 rings (SSSR count). The zero-order valence-electron chi connectivity index (χ0n) is 6.50. The minimum atomic E-state index is -1.05. The van der Waals surface area contributed by atoms with Gasteiger partial charge in [0.25, 0.3) is 0 Å². The van der Waals surface area contributed by atoms with Crippen molar-refractivity contribution in [2.24, 2.45) is 0 Å². The summed E-state index contributed by atoms with van der Waals surface area (Å²) in [4.78, 5) is 11.0. The maximum atomic E-state index is 12.9. The van der Waals surface area contributed by atoms with Crippen LogP contribution in [0.2, 0.25) is 0 Å². The molecule has 1 aromatic rings. The second kappa shape index (κ2) is 3.84. The third-order valence-corrected chi connectivity index (χ3v) is 2.84. The fraction of sp³-hybridized carbons (Fsp3) is 0.125. The molecule has 0 aromatic heterocycles. The van der Waals surface area contributed by atoms with E-state index in [4.69, 9.17) is 0 Å². The summed E-state index contributed by atoms with van der Waals surface area (Å²) in [5.41, 5.74) is 0.110. The van der Waals surface area contributed by atoms with Crippen LogP contribution in [0.15, 0.2) is 15.0 Å². The van der Waals surface area contributed by atoms with Crippen molar-refractivity contribution in [3.05, 3.63) is 32.2 Å². The quantitative estimate of drug-likeness (QED) is 0.439. The normalized spacial score (nSPS) is 10.2. The number of Topliss-reactive ketones (excluding diaryl/α,β-unsaturated/α-hetero) is 1. The van der Waals surface area contributed by atoms with Gasteiger partial charge in [0.15, 0.2) is 17.4 Å². The predicted octanol–water partition coefficient (Wildman–Crippen LogP) is 3.69. The van der Waals surface area contributed by atoms with E-state index in [2.05, 4.69) is 31.9 Å². The Morgan fingerprint density at radius 1 is 1.38 bits per heavy atom. The molecule has 5 heteroatoms. The van der Waals surface area contributed by atoms with E-state index in [1.165, 1.54) is 6.92 Å². The second-order valence-corrected chi connectivity index (χ2v) is 4.05. The minimum Gasteiger partial charge on any atom is -0.294 e. The van der Waals surface area contributed by atoms with Crippen molar-refractivity contribution in [2.75, 3.05) is 0 Å². The summed E-state index contributed by atoms with van der Waals surface area (Å²) in [5.74, 6) is -2.38. The van der Waals surface area contributed by atoms with Crippen LogP contribution in [0.25, 0.3) is 0 Å². The van der Waals surface area contributed by atoms with Crippen LogP contribution in [0.1, 0.15) is 17.3 Å². The molecule has 0 spiro atoms. The SMILES string of the molecule is CC(=O)c1c(Br)cc(F)c(F)c1Br. The van der Waals surface area contributed by atoms with E-state index in [0.29, 0.717) is 0 Å². The Morgan fingerprint density at radius 2 is 1.92 bits per heavy atom. The molecule has 0 amide bonds. The smallest absolute Gasteiger partial charge is 0.173 e. The van der Waals surface area contributed by atoms with E-state index in [9.17, 15) is 13.6 Å². The Kier molecular flexibility index (Phi) is 3.18. The summed E-state index contributed by atoms with van der Waals surface area (Å²) in [5, 5.41) is 0. The topological polar surface area (TPSA) is 17.1 Å². The molecule has 0 bridgehead atoms. The lowest BCUT2D eigenvalue weighted by Crippen LogP contribution is -2.00. The predicted molar refractivity (Wildman–Crippen MR) is 51.8 cm³/mol. The van der Waals surface area contributed by atoms with E-state index < -0.39 is 11.6 Å². The molecule has 0 radical (unpaired) electrons. The lowest BCUT2D eigenvalue weighted by Gasteiger charge is -2.05. The molecular weight excluding hydrogens is 310 g/mol. The number of hydrogen-bond acceptors (Lipinski definition) is 1. The highest BCUT2D eigenvalue weighted by Gasteiger charge is 2.17. The number of carbonyl (C=O) groups is 1. The van der Waals surface area contributed by atoms with Gasteiger partial charge in [-0.1, -0.05) is 0 Å². The molecule has 0 aliphatic heterocycles. The van der Waals surface area contributed by atoms with Crippen LogP contribution in [0, 0.1) is 11.6 Å². The summed E-state index contributed by atoms with van der Waals surface area (Å²) < 4.78 is 25.8. The van der Waals surface area contributed by atoms with E-state index >= 15 is 0 Å². The van der Waals surface area contributed by atoms with Crippen LogP contribution in [0.3, 0.4) is 0 Å². The number of hydrogen-bond donors (Lipinski definition) is 0. The Balaban J connectivity index is 3.53. The van der Waals surface area contributed by atoms with Crippen molar-refractivity contribution in [2.45, 2.75) is 6.92 Å². The Labute approximate surface area is 90.4 Å². The number of carbonyl (C=O) groups excluding carboxylic acids is 1. The Bertz CT molecular complexity index is 377. The van der Waals surface area contributed by atoms with Gasteiger partial charge >= 0.3 is 0 Å². The molecular formula is C8H4Br2F2O. The van der Waals surface area contributed by atoms with Crippen molar-refractivity contribution in [3.63, 3.8) is 0 Å². The maximum Gasteiger partial charge on any atom is 0.173 e. The van der Waals surface area contributed by atoms with Crippen LogP contribution in [-0.4, -0.2) is 5.78 Å². The second-order valence-electron chi connectivity index (χ2n) is 2.40. The van der Waals surface area contributed by atoms with Crippen LogP contribution >= 0.6 is 31.9 Å². The molecule has 0 saturated heterocycles. The summed E-state index contributed by atoms with van der Waals surface area (Å²) in [6, 6.07) is 0.927. The van der Waals surface area contributed by atoms with Gasteiger partial charge in [-0.25, -0.2) is 8.78 Å². The van der Waals surface area contributed by atoms with Crippen molar-refractivity contribution < 1.29 is 13.6 Å². The standard InChI is InChI=1S/C8H4Br2F2O/c1-3(13)6-4(9)2-5(11)8(12)7(6)10/h2H,1H3. The molecule has 0 aliphatic rings. The maximum absolute atomic E-state index is 12.9. The van der Waals surface area contributed by atoms with Crippen LogP contribution in [-0.2, 0) is 0 Å². The first-order valence-electron chi connectivity index (χ1n) is 3.29. The average molecular weight is 314 g/mol. The Hall–Kier alpha value is -0.290. The van der Waals surface area contributed by atoms with Crippen LogP contribution < -0.4 is 0 Å². The highest BCUT2D eigenvalue weighted by molar-refractivity contribution is 9.11. The van der Waals surface area contributed by atoms with E-state index in [0.717, 1.165) is 6.07 Å². The molecule has 0 fully saturated rings. The summed E-state index contributed by atoms with van der Waals surface area (Å²) in [6.07, 6.45) is 0. The molecule has 0 aliphatic carbocycles. The fourth-order valence-electron chi connectivity index (χ4n) is 0.889. The van der Waals surface area contributed by atoms with Crippen molar-refractivity contribution >= 4 is 37.6 Å². The minimum absolute atomic E-state index is 0.110. The third-order valence-electron chi connectivity index (χ3n) is 1.47. The largest absolute Gasteiger partial charge is 0.294 e. The first-order chi connectivity index (χ1) is 5.95. The lowest BCUT2D eigenvalue weighted by atomic mass is 10.1. The molecule has 1 nitrogen and oxygen atoms in total. The molecule has 0 heterocycles. The van der Waals surface area contributed by atoms with Gasteiger partial charge in [-0.05, 0) is 44.8 Å². The van der Waals surface area contributed by atoms with Crippen molar-refractivity contribution in [1.82, 2.24) is 0 Å². The highest BCUT2D eigenvalue weighted by Crippen LogP contribution is 2.30. The van der Waals surface area contributed by atoms with E-state index in [-0.39, 0.29) is 20.3 Å². The Morgan fingerprint density at radius 3 is 2.38 bits per heavy atom. The van der Waals surface area contributed by atoms with Crippen molar-refractivity contribution in [3.8, 4) is 0 Å².